The largest absolute Gasteiger partial charge is 0.365 e. The van der Waals surface area contributed by atoms with Crippen molar-refractivity contribution in [2.24, 2.45) is 0 Å². The summed E-state index contributed by atoms with van der Waals surface area (Å²) in [6, 6.07) is 8.82. The molecule has 2 aromatic rings. The van der Waals surface area contributed by atoms with Crippen LogP contribution < -0.4 is 0 Å². The highest BCUT2D eigenvalue weighted by atomic mass is 19.1. The van der Waals surface area contributed by atoms with Crippen molar-refractivity contribution in [1.29, 1.82) is 0 Å². The Bertz CT molecular complexity index is 428. The van der Waals surface area contributed by atoms with Gasteiger partial charge in [-0.15, -0.1) is 0 Å². The lowest BCUT2D eigenvalue weighted by Gasteiger charge is -1.97. The molecule has 0 atom stereocenters. The molecule has 0 amide bonds. The van der Waals surface area contributed by atoms with Crippen molar-refractivity contribution >= 4 is 0 Å². The lowest BCUT2D eigenvalue weighted by Crippen LogP contribution is -1.85. The van der Waals surface area contributed by atoms with Crippen molar-refractivity contribution < 1.29 is 4.39 Å². The van der Waals surface area contributed by atoms with Gasteiger partial charge in [0, 0.05) is 11.9 Å². The molecule has 1 nitrogen and oxygen atoms in total. The summed E-state index contributed by atoms with van der Waals surface area (Å²) in [5, 5.41) is 0. The van der Waals surface area contributed by atoms with E-state index in [1.165, 1.54) is 23.4 Å². The van der Waals surface area contributed by atoms with E-state index in [1.54, 1.807) is 0 Å². The Morgan fingerprint density at radius 1 is 1.13 bits per heavy atom. The molecule has 0 aliphatic rings. The summed E-state index contributed by atoms with van der Waals surface area (Å²) in [6.45, 7) is 2.12. The highest BCUT2D eigenvalue weighted by Gasteiger charge is 1.99. The van der Waals surface area contributed by atoms with Gasteiger partial charge in [0.15, 0.2) is 0 Å². The fourth-order valence-corrected chi connectivity index (χ4v) is 1.64. The van der Waals surface area contributed by atoms with Crippen LogP contribution in [0.25, 0.3) is 0 Å². The van der Waals surface area contributed by atoms with E-state index in [1.807, 2.05) is 18.3 Å². The second kappa shape index (κ2) is 4.30. The first-order valence-corrected chi connectivity index (χ1v) is 5.18. The van der Waals surface area contributed by atoms with Crippen LogP contribution in [0, 0.1) is 5.82 Å². The minimum atomic E-state index is -0.179. The van der Waals surface area contributed by atoms with E-state index in [0.29, 0.717) is 0 Å². The van der Waals surface area contributed by atoms with Crippen molar-refractivity contribution in [3.8, 4) is 0 Å². The molecule has 2 rings (SSSR count). The predicted octanol–water partition coefficient (Wildman–Crippen LogP) is 3.31. The molecule has 1 N–H and O–H groups in total. The van der Waals surface area contributed by atoms with Gasteiger partial charge in [-0.3, -0.25) is 0 Å². The molecule has 0 unspecified atom stereocenters. The van der Waals surface area contributed by atoms with Crippen LogP contribution in [0.3, 0.4) is 0 Å². The average Bonchev–Trinajstić information content (AvgIpc) is 2.69. The van der Waals surface area contributed by atoms with Crippen molar-refractivity contribution in [2.45, 2.75) is 19.8 Å². The van der Waals surface area contributed by atoms with E-state index in [9.17, 15) is 4.39 Å². The van der Waals surface area contributed by atoms with Crippen LogP contribution in [0.1, 0.15) is 23.7 Å². The van der Waals surface area contributed by atoms with Crippen LogP contribution in [-0.4, -0.2) is 4.98 Å². The molecule has 0 aliphatic heterocycles. The smallest absolute Gasteiger partial charge is 0.123 e. The molecule has 2 heteroatoms. The number of benzene rings is 1. The Balaban J connectivity index is 2.11. The standard InChI is InChI=1S/C13H14FN/c1-2-13-8-11(9-15-13)7-10-3-5-12(14)6-4-10/h3-6,8-9,15H,2,7H2,1H3. The number of H-pyrrole nitrogens is 1. The van der Waals surface area contributed by atoms with E-state index in [2.05, 4.69) is 18.0 Å². The number of nitrogens with one attached hydrogen (secondary N) is 1. The summed E-state index contributed by atoms with van der Waals surface area (Å²) in [5.41, 5.74) is 3.63. The van der Waals surface area contributed by atoms with Crippen LogP contribution in [-0.2, 0) is 12.8 Å². The summed E-state index contributed by atoms with van der Waals surface area (Å²) >= 11 is 0. The summed E-state index contributed by atoms with van der Waals surface area (Å²) in [7, 11) is 0. The maximum atomic E-state index is 12.7. The van der Waals surface area contributed by atoms with Crippen LogP contribution in [0.2, 0.25) is 0 Å². The molecule has 0 fully saturated rings. The fourth-order valence-electron chi connectivity index (χ4n) is 1.64. The van der Waals surface area contributed by atoms with E-state index in [0.717, 1.165) is 18.4 Å². The summed E-state index contributed by atoms with van der Waals surface area (Å²) in [5.74, 6) is -0.179. The van der Waals surface area contributed by atoms with Crippen molar-refractivity contribution in [1.82, 2.24) is 4.98 Å². The monoisotopic (exact) mass is 203 g/mol. The third-order valence-electron chi connectivity index (χ3n) is 2.50. The lowest BCUT2D eigenvalue weighted by atomic mass is 10.1. The van der Waals surface area contributed by atoms with E-state index < -0.39 is 0 Å². The number of aromatic amines is 1. The first-order chi connectivity index (χ1) is 7.28. The highest BCUT2D eigenvalue weighted by molar-refractivity contribution is 5.26. The molecular formula is C13H14FN. The predicted molar refractivity (Wildman–Crippen MR) is 59.4 cm³/mol. The zero-order valence-corrected chi connectivity index (χ0v) is 8.76. The molecular weight excluding hydrogens is 189 g/mol. The van der Waals surface area contributed by atoms with Crippen molar-refractivity contribution in [2.75, 3.05) is 0 Å². The number of aromatic nitrogens is 1. The second-order valence-corrected chi connectivity index (χ2v) is 3.69. The Morgan fingerprint density at radius 2 is 1.87 bits per heavy atom. The third kappa shape index (κ3) is 2.46. The first kappa shape index (κ1) is 9.97. The maximum Gasteiger partial charge on any atom is 0.123 e. The van der Waals surface area contributed by atoms with Gasteiger partial charge in [-0.2, -0.15) is 0 Å². The van der Waals surface area contributed by atoms with Gasteiger partial charge in [0.2, 0.25) is 0 Å². The average molecular weight is 203 g/mol. The first-order valence-electron chi connectivity index (χ1n) is 5.18. The second-order valence-electron chi connectivity index (χ2n) is 3.69. The van der Waals surface area contributed by atoms with Gasteiger partial charge in [-0.1, -0.05) is 19.1 Å². The number of halogens is 1. The minimum absolute atomic E-state index is 0.179. The SMILES string of the molecule is CCc1cc(Cc2ccc(F)cc2)c[nH]1. The molecule has 15 heavy (non-hydrogen) atoms. The van der Waals surface area contributed by atoms with Gasteiger partial charge in [-0.25, -0.2) is 4.39 Å². The summed E-state index contributed by atoms with van der Waals surface area (Å²) < 4.78 is 12.7. The number of aryl methyl sites for hydroxylation is 1. The molecule has 1 aromatic heterocycles. The molecule has 0 saturated heterocycles. The molecule has 78 valence electrons. The Labute approximate surface area is 89.0 Å². The van der Waals surface area contributed by atoms with Crippen molar-refractivity contribution in [3.05, 3.63) is 59.2 Å². The minimum Gasteiger partial charge on any atom is -0.365 e. The van der Waals surface area contributed by atoms with Gasteiger partial charge >= 0.3 is 0 Å². The fraction of sp³-hybridized carbons (Fsp3) is 0.231. The number of hydrogen-bond donors (Lipinski definition) is 1. The topological polar surface area (TPSA) is 15.8 Å². The Hall–Kier alpha value is -1.57. The summed E-state index contributed by atoms with van der Waals surface area (Å²) in [4.78, 5) is 3.21. The Kier molecular flexibility index (Phi) is 2.86. The van der Waals surface area contributed by atoms with E-state index in [4.69, 9.17) is 0 Å². The van der Waals surface area contributed by atoms with E-state index in [-0.39, 0.29) is 5.82 Å². The normalized spacial score (nSPS) is 10.5. The molecule has 0 bridgehead atoms. The zero-order chi connectivity index (χ0) is 10.7. The maximum absolute atomic E-state index is 12.7. The molecule has 1 aromatic carbocycles. The third-order valence-corrected chi connectivity index (χ3v) is 2.50. The molecule has 0 saturated carbocycles. The lowest BCUT2D eigenvalue weighted by molar-refractivity contribution is 0.627. The molecule has 0 spiro atoms. The molecule has 0 aliphatic carbocycles. The zero-order valence-electron chi connectivity index (χ0n) is 8.76. The van der Waals surface area contributed by atoms with Crippen LogP contribution >= 0.6 is 0 Å². The van der Waals surface area contributed by atoms with Crippen LogP contribution in [0.5, 0.6) is 0 Å². The quantitative estimate of drug-likeness (QED) is 0.787. The summed E-state index contributed by atoms with van der Waals surface area (Å²) in [6.07, 6.45) is 3.89. The van der Waals surface area contributed by atoms with Crippen LogP contribution in [0.15, 0.2) is 36.5 Å². The van der Waals surface area contributed by atoms with Gasteiger partial charge in [0.1, 0.15) is 5.82 Å². The van der Waals surface area contributed by atoms with Gasteiger partial charge in [-0.05, 0) is 42.2 Å². The van der Waals surface area contributed by atoms with Gasteiger partial charge < -0.3 is 4.98 Å². The van der Waals surface area contributed by atoms with Gasteiger partial charge in [0.25, 0.3) is 0 Å². The van der Waals surface area contributed by atoms with Crippen molar-refractivity contribution in [3.63, 3.8) is 0 Å². The number of hydrogen-bond acceptors (Lipinski definition) is 0. The molecule has 1 heterocycles. The molecule has 0 radical (unpaired) electrons. The van der Waals surface area contributed by atoms with Crippen LogP contribution in [0.4, 0.5) is 4.39 Å². The van der Waals surface area contributed by atoms with E-state index >= 15 is 0 Å². The number of rotatable bonds is 3. The Morgan fingerprint density at radius 3 is 2.47 bits per heavy atom. The highest BCUT2D eigenvalue weighted by Crippen LogP contribution is 2.11. The van der Waals surface area contributed by atoms with Gasteiger partial charge in [0.05, 0.1) is 0 Å².